The topological polar surface area (TPSA) is 45.2 Å². The molecule has 0 bridgehead atoms. The van der Waals surface area contributed by atoms with Gasteiger partial charge in [-0.3, -0.25) is 0 Å². The van der Waals surface area contributed by atoms with Crippen molar-refractivity contribution < 1.29 is 0 Å². The van der Waals surface area contributed by atoms with Crippen molar-refractivity contribution in [3.05, 3.63) is 21.6 Å². The Balaban J connectivity index is 1.82. The molecule has 1 saturated heterocycles. The van der Waals surface area contributed by atoms with Gasteiger partial charge in [-0.1, -0.05) is 18.5 Å². The van der Waals surface area contributed by atoms with Gasteiger partial charge in [-0.2, -0.15) is 0 Å². The number of hydrogen-bond donors (Lipinski definition) is 0. The van der Waals surface area contributed by atoms with Gasteiger partial charge in [0.05, 0.1) is 0 Å². The molecule has 3 heterocycles. The second-order valence-electron chi connectivity index (χ2n) is 5.03. The molecule has 7 heteroatoms. The van der Waals surface area contributed by atoms with Crippen molar-refractivity contribution in [2.24, 2.45) is 0 Å². The number of anilines is 1. The molecule has 2 aromatic rings. The summed E-state index contributed by atoms with van der Waals surface area (Å²) in [7, 11) is 0. The van der Waals surface area contributed by atoms with E-state index in [1.807, 2.05) is 13.0 Å². The van der Waals surface area contributed by atoms with Crippen LogP contribution in [0.2, 0.25) is 4.47 Å². The highest BCUT2D eigenvalue weighted by molar-refractivity contribution is 7.16. The van der Waals surface area contributed by atoms with Crippen molar-refractivity contribution >= 4 is 28.8 Å². The molecular formula is C14H18ClN5S. The summed E-state index contributed by atoms with van der Waals surface area (Å²) in [5, 5.41) is 0. The van der Waals surface area contributed by atoms with Crippen molar-refractivity contribution in [3.8, 4) is 11.5 Å². The van der Waals surface area contributed by atoms with E-state index in [0.717, 1.165) is 49.1 Å². The van der Waals surface area contributed by atoms with Crippen LogP contribution in [0.3, 0.4) is 0 Å². The van der Waals surface area contributed by atoms with Crippen LogP contribution in [-0.4, -0.2) is 52.6 Å². The minimum Gasteiger partial charge on any atom is -0.354 e. The van der Waals surface area contributed by atoms with E-state index in [-0.39, 0.29) is 0 Å². The minimum absolute atomic E-state index is 0.535. The first-order valence-electron chi connectivity index (χ1n) is 7.11. The lowest BCUT2D eigenvalue weighted by atomic mass is 10.3. The maximum Gasteiger partial charge on any atom is 0.184 e. The smallest absolute Gasteiger partial charge is 0.184 e. The van der Waals surface area contributed by atoms with E-state index < -0.39 is 0 Å². The van der Waals surface area contributed by atoms with Crippen LogP contribution in [0.25, 0.3) is 11.5 Å². The van der Waals surface area contributed by atoms with Gasteiger partial charge in [-0.25, -0.2) is 15.0 Å². The van der Waals surface area contributed by atoms with Crippen LogP contribution in [0.1, 0.15) is 11.8 Å². The zero-order chi connectivity index (χ0) is 14.8. The first-order chi connectivity index (χ1) is 10.2. The SMILES string of the molecule is CCN1CCN(c2ccnc(-c3nc(Cl)sc3C)n2)CC1. The molecule has 3 rings (SSSR count). The third-order valence-electron chi connectivity index (χ3n) is 3.77. The third-order valence-corrected chi connectivity index (χ3v) is 4.84. The second kappa shape index (κ2) is 6.25. The summed E-state index contributed by atoms with van der Waals surface area (Å²) in [5.41, 5.74) is 0.791. The number of aromatic nitrogens is 3. The average molecular weight is 324 g/mol. The maximum absolute atomic E-state index is 5.97. The molecule has 0 amide bonds. The normalized spacial score (nSPS) is 16.4. The Hall–Kier alpha value is -1.24. The lowest BCUT2D eigenvalue weighted by molar-refractivity contribution is 0.270. The highest BCUT2D eigenvalue weighted by Gasteiger charge is 2.18. The van der Waals surface area contributed by atoms with Gasteiger partial charge in [0.15, 0.2) is 10.3 Å². The third kappa shape index (κ3) is 3.17. The first kappa shape index (κ1) is 14.7. The molecular weight excluding hydrogens is 306 g/mol. The highest BCUT2D eigenvalue weighted by Crippen LogP contribution is 2.28. The van der Waals surface area contributed by atoms with Crippen molar-refractivity contribution in [1.82, 2.24) is 19.9 Å². The first-order valence-corrected chi connectivity index (χ1v) is 8.30. The van der Waals surface area contributed by atoms with Crippen LogP contribution in [0.4, 0.5) is 5.82 Å². The highest BCUT2D eigenvalue weighted by atomic mass is 35.5. The molecule has 0 unspecified atom stereocenters. The fraction of sp³-hybridized carbons (Fsp3) is 0.500. The molecule has 0 spiro atoms. The molecule has 0 aliphatic carbocycles. The summed E-state index contributed by atoms with van der Waals surface area (Å²) in [6.45, 7) is 9.47. The predicted molar refractivity (Wildman–Crippen MR) is 87.2 cm³/mol. The number of likely N-dealkylation sites (N-methyl/N-ethyl adjacent to an activating group) is 1. The molecule has 112 valence electrons. The van der Waals surface area contributed by atoms with Crippen molar-refractivity contribution in [2.45, 2.75) is 13.8 Å². The summed E-state index contributed by atoms with van der Waals surface area (Å²) < 4.78 is 0.535. The van der Waals surface area contributed by atoms with Gasteiger partial charge < -0.3 is 9.80 Å². The van der Waals surface area contributed by atoms with Gasteiger partial charge in [-0.05, 0) is 19.5 Å². The summed E-state index contributed by atoms with van der Waals surface area (Å²) in [6, 6.07) is 1.97. The van der Waals surface area contributed by atoms with Crippen LogP contribution in [0, 0.1) is 6.92 Å². The summed E-state index contributed by atoms with van der Waals surface area (Å²) in [5.74, 6) is 1.63. The molecule has 5 nitrogen and oxygen atoms in total. The number of nitrogens with zero attached hydrogens (tertiary/aromatic N) is 5. The van der Waals surface area contributed by atoms with Crippen molar-refractivity contribution in [3.63, 3.8) is 0 Å². The number of rotatable bonds is 3. The summed E-state index contributed by atoms with van der Waals surface area (Å²) in [4.78, 5) is 19.1. The number of hydrogen-bond acceptors (Lipinski definition) is 6. The van der Waals surface area contributed by atoms with Gasteiger partial charge >= 0.3 is 0 Å². The van der Waals surface area contributed by atoms with E-state index in [1.54, 1.807) is 6.20 Å². The zero-order valence-electron chi connectivity index (χ0n) is 12.2. The predicted octanol–water partition coefficient (Wildman–Crippen LogP) is 2.70. The fourth-order valence-electron chi connectivity index (χ4n) is 2.50. The number of piperazine rings is 1. The Morgan fingerprint density at radius 3 is 2.62 bits per heavy atom. The second-order valence-corrected chi connectivity index (χ2v) is 6.82. The van der Waals surface area contributed by atoms with Crippen LogP contribution in [0.5, 0.6) is 0 Å². The standard InChI is InChI=1S/C14H18ClN5S/c1-3-19-6-8-20(9-7-19)11-4-5-16-13(17-11)12-10(2)21-14(15)18-12/h4-5H,3,6-9H2,1-2H3. The quantitative estimate of drug-likeness (QED) is 0.869. The number of aryl methyl sites for hydroxylation is 1. The van der Waals surface area contributed by atoms with E-state index in [1.165, 1.54) is 11.3 Å². The molecule has 21 heavy (non-hydrogen) atoms. The maximum atomic E-state index is 5.97. The Morgan fingerprint density at radius 1 is 1.24 bits per heavy atom. The van der Waals surface area contributed by atoms with Crippen molar-refractivity contribution in [1.29, 1.82) is 0 Å². The lowest BCUT2D eigenvalue weighted by Crippen LogP contribution is -2.46. The number of halogens is 1. The van der Waals surface area contributed by atoms with E-state index in [0.29, 0.717) is 10.3 Å². The molecule has 0 saturated carbocycles. The van der Waals surface area contributed by atoms with E-state index in [4.69, 9.17) is 11.6 Å². The van der Waals surface area contributed by atoms with Gasteiger partial charge in [0.1, 0.15) is 11.5 Å². The Labute approximate surface area is 133 Å². The lowest BCUT2D eigenvalue weighted by Gasteiger charge is -2.34. The molecule has 1 fully saturated rings. The average Bonchev–Trinajstić information content (AvgIpc) is 2.86. The van der Waals surface area contributed by atoms with E-state index in [2.05, 4.69) is 31.7 Å². The fourth-order valence-corrected chi connectivity index (χ4v) is 3.56. The van der Waals surface area contributed by atoms with Gasteiger partial charge in [0.2, 0.25) is 0 Å². The molecule has 0 radical (unpaired) electrons. The van der Waals surface area contributed by atoms with Crippen LogP contribution in [0.15, 0.2) is 12.3 Å². The summed E-state index contributed by atoms with van der Waals surface area (Å²) >= 11 is 7.43. The van der Waals surface area contributed by atoms with Crippen molar-refractivity contribution in [2.75, 3.05) is 37.6 Å². The number of thiazole rings is 1. The molecule has 0 atom stereocenters. The zero-order valence-corrected chi connectivity index (χ0v) is 13.8. The van der Waals surface area contributed by atoms with Crippen LogP contribution < -0.4 is 4.90 Å². The van der Waals surface area contributed by atoms with Gasteiger partial charge in [0.25, 0.3) is 0 Å². The van der Waals surface area contributed by atoms with Gasteiger partial charge in [-0.15, -0.1) is 11.3 Å². The molecule has 0 aromatic carbocycles. The molecule has 1 aliphatic rings. The molecule has 2 aromatic heterocycles. The monoisotopic (exact) mass is 323 g/mol. The van der Waals surface area contributed by atoms with Crippen LogP contribution >= 0.6 is 22.9 Å². The van der Waals surface area contributed by atoms with Crippen LogP contribution in [-0.2, 0) is 0 Å². The Bertz CT molecular complexity index is 622. The molecule has 0 N–H and O–H groups in total. The minimum atomic E-state index is 0.535. The molecule has 1 aliphatic heterocycles. The van der Waals surface area contributed by atoms with E-state index >= 15 is 0 Å². The largest absolute Gasteiger partial charge is 0.354 e. The van der Waals surface area contributed by atoms with Gasteiger partial charge in [0, 0.05) is 37.3 Å². The van der Waals surface area contributed by atoms with E-state index in [9.17, 15) is 0 Å². The Morgan fingerprint density at radius 2 is 2.00 bits per heavy atom. The Kier molecular flexibility index (Phi) is 4.37. The summed E-state index contributed by atoms with van der Waals surface area (Å²) in [6.07, 6.45) is 1.80.